The second-order valence-corrected chi connectivity index (χ2v) is 8.44. The van der Waals surface area contributed by atoms with Gasteiger partial charge in [-0.15, -0.1) is 0 Å². The van der Waals surface area contributed by atoms with Gasteiger partial charge in [0, 0.05) is 17.6 Å². The fourth-order valence-electron chi connectivity index (χ4n) is 2.53. The molecule has 0 radical (unpaired) electrons. The predicted octanol–water partition coefficient (Wildman–Crippen LogP) is 1.66. The van der Waals surface area contributed by atoms with Gasteiger partial charge in [0.2, 0.25) is 0 Å². The number of rotatable bonds is 5. The van der Waals surface area contributed by atoms with E-state index in [2.05, 4.69) is 20.6 Å². The monoisotopic (exact) mass is 380 g/mol. The third kappa shape index (κ3) is 4.67. The van der Waals surface area contributed by atoms with Crippen molar-refractivity contribution in [3.05, 3.63) is 52.9 Å². The van der Waals surface area contributed by atoms with E-state index in [9.17, 15) is 13.2 Å². The van der Waals surface area contributed by atoms with Gasteiger partial charge in [-0.05, 0) is 18.1 Å². The first-order chi connectivity index (χ1) is 11.9. The van der Waals surface area contributed by atoms with Crippen LogP contribution in [-0.2, 0) is 16.4 Å². The fraction of sp³-hybridized carbons (Fsp3) is 0.312. The molecule has 1 aliphatic rings. The van der Waals surface area contributed by atoms with Crippen molar-refractivity contribution in [3.63, 3.8) is 0 Å². The molecule has 1 amide bonds. The highest BCUT2D eigenvalue weighted by Gasteiger charge is 2.29. The Bertz CT molecular complexity index is 871. The van der Waals surface area contributed by atoms with Crippen LogP contribution < -0.4 is 10.6 Å². The summed E-state index contributed by atoms with van der Waals surface area (Å²) in [5.74, 6) is 0.171. The lowest BCUT2D eigenvalue weighted by Gasteiger charge is -2.10. The molecule has 2 N–H and O–H groups in total. The number of benzene rings is 1. The second-order valence-electron chi connectivity index (χ2n) is 5.81. The van der Waals surface area contributed by atoms with Gasteiger partial charge in [0.05, 0.1) is 23.9 Å². The molecule has 1 saturated heterocycles. The van der Waals surface area contributed by atoms with Gasteiger partial charge < -0.3 is 10.6 Å². The quantitative estimate of drug-likeness (QED) is 0.818. The zero-order chi connectivity index (χ0) is 17.9. The number of carbonyl (C=O) groups is 1. The number of halogens is 1. The number of sulfone groups is 1. The number of amides is 1. The van der Waals surface area contributed by atoms with E-state index < -0.39 is 15.7 Å². The number of aromatic nitrogens is 2. The van der Waals surface area contributed by atoms with Crippen molar-refractivity contribution in [1.82, 2.24) is 15.3 Å². The van der Waals surface area contributed by atoms with Crippen molar-refractivity contribution in [3.8, 4) is 0 Å². The highest BCUT2D eigenvalue weighted by atomic mass is 35.5. The van der Waals surface area contributed by atoms with E-state index in [1.165, 1.54) is 12.4 Å². The maximum absolute atomic E-state index is 12.1. The highest BCUT2D eigenvalue weighted by molar-refractivity contribution is 7.91. The molecule has 1 atom stereocenters. The molecule has 132 valence electrons. The van der Waals surface area contributed by atoms with Crippen LogP contribution in [0.1, 0.15) is 22.5 Å². The van der Waals surface area contributed by atoms with E-state index in [0.29, 0.717) is 23.8 Å². The van der Waals surface area contributed by atoms with Crippen molar-refractivity contribution in [2.45, 2.75) is 19.0 Å². The maximum atomic E-state index is 12.1. The van der Waals surface area contributed by atoms with Crippen molar-refractivity contribution >= 4 is 33.2 Å². The average molecular weight is 381 g/mol. The third-order valence-electron chi connectivity index (χ3n) is 3.87. The first kappa shape index (κ1) is 17.6. The molecule has 3 rings (SSSR count). The molecule has 0 bridgehead atoms. The SMILES string of the molecule is O=C(NC1CCS(=O)(=O)C1)c1cnc(NCc2ccccc2Cl)cn1. The molecule has 1 aromatic carbocycles. The standard InChI is InChI=1S/C16H17ClN4O3S/c17-13-4-2-1-3-11(13)7-19-15-9-18-14(8-20-15)16(22)21-12-5-6-25(23,24)10-12/h1-4,8-9,12H,5-7,10H2,(H,19,20)(H,21,22). The molecule has 0 saturated carbocycles. The first-order valence-corrected chi connectivity index (χ1v) is 9.93. The molecular formula is C16H17ClN4O3S. The molecule has 1 aliphatic heterocycles. The molecule has 0 aliphatic carbocycles. The number of anilines is 1. The Balaban J connectivity index is 1.56. The molecule has 1 unspecified atom stereocenters. The second kappa shape index (κ2) is 7.37. The van der Waals surface area contributed by atoms with Gasteiger partial charge in [-0.2, -0.15) is 0 Å². The summed E-state index contributed by atoms with van der Waals surface area (Å²) in [5.41, 5.74) is 1.07. The third-order valence-corrected chi connectivity index (χ3v) is 6.01. The Hall–Kier alpha value is -2.19. The van der Waals surface area contributed by atoms with Crippen molar-refractivity contribution in [2.24, 2.45) is 0 Å². The van der Waals surface area contributed by atoms with Gasteiger partial charge in [-0.3, -0.25) is 4.79 Å². The van der Waals surface area contributed by atoms with Crippen molar-refractivity contribution in [2.75, 3.05) is 16.8 Å². The van der Waals surface area contributed by atoms with E-state index in [0.717, 1.165) is 5.56 Å². The largest absolute Gasteiger partial charge is 0.365 e. The molecule has 1 fully saturated rings. The van der Waals surface area contributed by atoms with E-state index >= 15 is 0 Å². The summed E-state index contributed by atoms with van der Waals surface area (Å²) < 4.78 is 22.8. The summed E-state index contributed by atoms with van der Waals surface area (Å²) in [7, 11) is -3.04. The van der Waals surface area contributed by atoms with Crippen LogP contribution in [0.25, 0.3) is 0 Å². The zero-order valence-corrected chi connectivity index (χ0v) is 14.8. The Labute approximate surface area is 150 Å². The number of hydrogen-bond donors (Lipinski definition) is 2. The van der Waals surface area contributed by atoms with E-state index in [4.69, 9.17) is 11.6 Å². The molecule has 1 aromatic heterocycles. The number of hydrogen-bond acceptors (Lipinski definition) is 6. The Morgan fingerprint density at radius 1 is 1.24 bits per heavy atom. The molecule has 2 heterocycles. The topological polar surface area (TPSA) is 101 Å². The van der Waals surface area contributed by atoms with Crippen molar-refractivity contribution < 1.29 is 13.2 Å². The van der Waals surface area contributed by atoms with Crippen LogP contribution in [0.2, 0.25) is 5.02 Å². The summed E-state index contributed by atoms with van der Waals surface area (Å²) in [6.07, 6.45) is 3.24. The minimum absolute atomic E-state index is 0.0242. The van der Waals surface area contributed by atoms with E-state index in [1.54, 1.807) is 6.07 Å². The van der Waals surface area contributed by atoms with Crippen LogP contribution in [0.4, 0.5) is 5.82 Å². The normalized spacial score (nSPS) is 18.7. The van der Waals surface area contributed by atoms with Crippen LogP contribution in [0, 0.1) is 0 Å². The summed E-state index contributed by atoms with van der Waals surface area (Å²) in [4.78, 5) is 20.3. The van der Waals surface area contributed by atoms with Gasteiger partial charge in [0.1, 0.15) is 11.5 Å². The molecular weight excluding hydrogens is 364 g/mol. The lowest BCUT2D eigenvalue weighted by atomic mass is 10.2. The average Bonchev–Trinajstić information content (AvgIpc) is 2.93. The van der Waals surface area contributed by atoms with E-state index in [-0.39, 0.29) is 23.2 Å². The minimum atomic E-state index is -3.04. The smallest absolute Gasteiger partial charge is 0.271 e. The van der Waals surface area contributed by atoms with Crippen LogP contribution in [0.5, 0.6) is 0 Å². The van der Waals surface area contributed by atoms with Gasteiger partial charge in [0.15, 0.2) is 9.84 Å². The molecule has 9 heteroatoms. The maximum Gasteiger partial charge on any atom is 0.271 e. The molecule has 2 aromatic rings. The van der Waals surface area contributed by atoms with Gasteiger partial charge in [-0.1, -0.05) is 29.8 Å². The summed E-state index contributed by atoms with van der Waals surface area (Å²) >= 11 is 6.09. The Morgan fingerprint density at radius 3 is 2.68 bits per heavy atom. The van der Waals surface area contributed by atoms with Crippen LogP contribution in [0.3, 0.4) is 0 Å². The van der Waals surface area contributed by atoms with Gasteiger partial charge in [0.25, 0.3) is 5.91 Å². The number of nitrogens with zero attached hydrogens (tertiary/aromatic N) is 2. The van der Waals surface area contributed by atoms with Crippen LogP contribution >= 0.6 is 11.6 Å². The molecule has 0 spiro atoms. The van der Waals surface area contributed by atoms with Crippen LogP contribution in [-0.4, -0.2) is 41.8 Å². The summed E-state index contributed by atoms with van der Waals surface area (Å²) in [5, 5.41) is 6.42. The number of carbonyl (C=O) groups excluding carboxylic acids is 1. The van der Waals surface area contributed by atoms with Crippen LogP contribution in [0.15, 0.2) is 36.7 Å². The fourth-order valence-corrected chi connectivity index (χ4v) is 4.41. The molecule has 25 heavy (non-hydrogen) atoms. The lowest BCUT2D eigenvalue weighted by molar-refractivity contribution is 0.0935. The van der Waals surface area contributed by atoms with Gasteiger partial charge >= 0.3 is 0 Å². The first-order valence-electron chi connectivity index (χ1n) is 7.73. The highest BCUT2D eigenvalue weighted by Crippen LogP contribution is 2.16. The minimum Gasteiger partial charge on any atom is -0.365 e. The molecule has 7 nitrogen and oxygen atoms in total. The van der Waals surface area contributed by atoms with Crippen molar-refractivity contribution in [1.29, 1.82) is 0 Å². The summed E-state index contributed by atoms with van der Waals surface area (Å²) in [6, 6.07) is 7.10. The van der Waals surface area contributed by atoms with Gasteiger partial charge in [-0.25, -0.2) is 18.4 Å². The Morgan fingerprint density at radius 2 is 2.04 bits per heavy atom. The predicted molar refractivity (Wildman–Crippen MR) is 95.3 cm³/mol. The summed E-state index contributed by atoms with van der Waals surface area (Å²) in [6.45, 7) is 0.486. The lowest BCUT2D eigenvalue weighted by Crippen LogP contribution is -2.36. The zero-order valence-electron chi connectivity index (χ0n) is 13.3. The number of nitrogens with one attached hydrogen (secondary N) is 2. The Kier molecular flexibility index (Phi) is 5.19. The van der Waals surface area contributed by atoms with E-state index in [1.807, 2.05) is 18.2 Å².